The molecule has 0 aliphatic heterocycles. The molecule has 1 aromatic rings. The second kappa shape index (κ2) is 5.00. The first-order chi connectivity index (χ1) is 8.27. The van der Waals surface area contributed by atoms with Gasteiger partial charge >= 0.3 is 12.1 Å². The van der Waals surface area contributed by atoms with Crippen LogP contribution in [0.5, 0.6) is 0 Å². The van der Waals surface area contributed by atoms with Crippen molar-refractivity contribution in [1.29, 1.82) is 0 Å². The number of rotatable bonds is 3. The van der Waals surface area contributed by atoms with Gasteiger partial charge in [-0.1, -0.05) is 5.92 Å². The number of halogens is 3. The molecule has 1 N–H and O–H groups in total. The van der Waals surface area contributed by atoms with Gasteiger partial charge in [0.15, 0.2) is 0 Å². The van der Waals surface area contributed by atoms with Gasteiger partial charge in [-0.2, -0.15) is 13.2 Å². The molecule has 96 valence electrons. The summed E-state index contributed by atoms with van der Waals surface area (Å²) in [4.78, 5) is 11.9. The van der Waals surface area contributed by atoms with Gasteiger partial charge in [0.1, 0.15) is 0 Å². The first-order valence-corrected chi connectivity index (χ1v) is 4.86. The Kier molecular flexibility index (Phi) is 3.86. The van der Waals surface area contributed by atoms with Crippen LogP contribution in [-0.2, 0) is 6.18 Å². The molecule has 3 nitrogen and oxygen atoms in total. The highest BCUT2D eigenvalue weighted by atomic mass is 19.4. The highest BCUT2D eigenvalue weighted by molar-refractivity contribution is 5.88. The third-order valence-electron chi connectivity index (χ3n) is 2.29. The Hall–Kier alpha value is -2.16. The maximum absolute atomic E-state index is 12.8. The van der Waals surface area contributed by atoms with Crippen molar-refractivity contribution in [2.75, 3.05) is 18.5 Å². The third kappa shape index (κ3) is 2.94. The van der Waals surface area contributed by atoms with Crippen LogP contribution in [0, 0.1) is 12.3 Å². The molecule has 0 saturated heterocycles. The Labute approximate surface area is 102 Å². The van der Waals surface area contributed by atoms with Crippen molar-refractivity contribution in [2.45, 2.75) is 6.18 Å². The average molecular weight is 257 g/mol. The number of anilines is 1. The zero-order chi connectivity index (χ0) is 13.9. The number of carboxylic acid groups (broad SMARTS) is 1. The van der Waals surface area contributed by atoms with Crippen LogP contribution in [0.2, 0.25) is 0 Å². The summed E-state index contributed by atoms with van der Waals surface area (Å²) in [7, 11) is 1.41. The van der Waals surface area contributed by atoms with E-state index in [1.165, 1.54) is 11.9 Å². The van der Waals surface area contributed by atoms with Crippen LogP contribution in [-0.4, -0.2) is 24.7 Å². The van der Waals surface area contributed by atoms with Gasteiger partial charge < -0.3 is 10.0 Å². The van der Waals surface area contributed by atoms with Gasteiger partial charge in [0.25, 0.3) is 0 Å². The van der Waals surface area contributed by atoms with E-state index >= 15 is 0 Å². The summed E-state index contributed by atoms with van der Waals surface area (Å²) >= 11 is 0. The second-order valence-corrected chi connectivity index (χ2v) is 3.60. The molecule has 0 saturated carbocycles. The Balaban J connectivity index is 3.35. The molecule has 18 heavy (non-hydrogen) atoms. The molecule has 0 fully saturated rings. The number of hydrogen-bond donors (Lipinski definition) is 1. The van der Waals surface area contributed by atoms with Crippen molar-refractivity contribution in [3.63, 3.8) is 0 Å². The van der Waals surface area contributed by atoms with E-state index in [-0.39, 0.29) is 12.2 Å². The van der Waals surface area contributed by atoms with Crippen molar-refractivity contribution in [3.8, 4) is 12.3 Å². The van der Waals surface area contributed by atoms with Crippen LogP contribution in [0.15, 0.2) is 18.2 Å². The van der Waals surface area contributed by atoms with Crippen LogP contribution in [0.4, 0.5) is 18.9 Å². The Morgan fingerprint density at radius 3 is 2.56 bits per heavy atom. The molecular formula is C12H10F3NO2. The van der Waals surface area contributed by atoms with E-state index in [1.807, 2.05) is 0 Å². The fourth-order valence-electron chi connectivity index (χ4n) is 1.45. The lowest BCUT2D eigenvalue weighted by Crippen LogP contribution is -2.22. The first-order valence-electron chi connectivity index (χ1n) is 4.86. The molecule has 0 atom stereocenters. The van der Waals surface area contributed by atoms with Crippen molar-refractivity contribution >= 4 is 11.7 Å². The summed E-state index contributed by atoms with van der Waals surface area (Å²) in [5, 5.41) is 8.69. The zero-order valence-corrected chi connectivity index (χ0v) is 9.45. The minimum absolute atomic E-state index is 0.00447. The van der Waals surface area contributed by atoms with Crippen molar-refractivity contribution in [1.82, 2.24) is 0 Å². The third-order valence-corrected chi connectivity index (χ3v) is 2.29. The van der Waals surface area contributed by atoms with Gasteiger partial charge in [-0.25, -0.2) is 4.79 Å². The highest BCUT2D eigenvalue weighted by Gasteiger charge is 2.35. The van der Waals surface area contributed by atoms with Gasteiger partial charge in [0.2, 0.25) is 0 Å². The van der Waals surface area contributed by atoms with E-state index in [1.54, 1.807) is 0 Å². The lowest BCUT2D eigenvalue weighted by Gasteiger charge is -2.21. The van der Waals surface area contributed by atoms with E-state index in [2.05, 4.69) is 5.92 Å². The molecule has 0 spiro atoms. The summed E-state index contributed by atoms with van der Waals surface area (Å²) in [6, 6.07) is 2.81. The molecule has 0 aliphatic rings. The summed E-state index contributed by atoms with van der Waals surface area (Å²) < 4.78 is 38.5. The lowest BCUT2D eigenvalue weighted by molar-refractivity contribution is -0.137. The van der Waals surface area contributed by atoms with E-state index in [4.69, 9.17) is 11.5 Å². The van der Waals surface area contributed by atoms with Crippen molar-refractivity contribution < 1.29 is 23.1 Å². The van der Waals surface area contributed by atoms with Crippen LogP contribution in [0.1, 0.15) is 15.9 Å². The molecule has 0 aliphatic carbocycles. The van der Waals surface area contributed by atoms with Gasteiger partial charge in [0.05, 0.1) is 17.7 Å². The summed E-state index contributed by atoms with van der Waals surface area (Å²) in [6.45, 7) is -0.00447. The van der Waals surface area contributed by atoms with E-state index in [9.17, 15) is 18.0 Å². The van der Waals surface area contributed by atoms with E-state index in [0.717, 1.165) is 12.1 Å². The molecule has 0 heterocycles. The minimum Gasteiger partial charge on any atom is -0.478 e. The summed E-state index contributed by atoms with van der Waals surface area (Å²) in [6.07, 6.45) is 0.402. The largest absolute Gasteiger partial charge is 0.478 e. The predicted octanol–water partition coefficient (Wildman–Crippen LogP) is 2.47. The van der Waals surface area contributed by atoms with Crippen LogP contribution >= 0.6 is 0 Å². The minimum atomic E-state index is -4.64. The van der Waals surface area contributed by atoms with Gasteiger partial charge in [-0.3, -0.25) is 0 Å². The number of benzene rings is 1. The molecule has 0 unspecified atom stereocenters. The zero-order valence-electron chi connectivity index (χ0n) is 9.45. The standard InChI is InChI=1S/C12H10F3NO2/c1-3-6-16(2)10-5-4-8(11(17)18)7-9(10)12(13,14)15/h1,4-5,7H,6H2,2H3,(H,17,18). The number of alkyl halides is 3. The normalized spacial score (nSPS) is 10.8. The molecule has 0 radical (unpaired) electrons. The average Bonchev–Trinajstić information content (AvgIpc) is 2.27. The van der Waals surface area contributed by atoms with E-state index < -0.39 is 23.3 Å². The van der Waals surface area contributed by atoms with Crippen LogP contribution in [0.3, 0.4) is 0 Å². The SMILES string of the molecule is C#CCN(C)c1ccc(C(=O)O)cc1C(F)(F)F. The molecule has 0 bridgehead atoms. The smallest absolute Gasteiger partial charge is 0.418 e. The van der Waals surface area contributed by atoms with Crippen LogP contribution in [0.25, 0.3) is 0 Å². The number of aromatic carboxylic acids is 1. The number of nitrogens with zero attached hydrogens (tertiary/aromatic N) is 1. The topological polar surface area (TPSA) is 40.5 Å². The molecular weight excluding hydrogens is 247 g/mol. The van der Waals surface area contributed by atoms with Gasteiger partial charge in [0, 0.05) is 12.7 Å². The monoisotopic (exact) mass is 257 g/mol. The Bertz CT molecular complexity index is 503. The predicted molar refractivity (Wildman–Crippen MR) is 60.5 cm³/mol. The lowest BCUT2D eigenvalue weighted by atomic mass is 10.1. The molecule has 1 aromatic carbocycles. The molecule has 6 heteroatoms. The summed E-state index contributed by atoms with van der Waals surface area (Å²) in [5.41, 5.74) is -1.58. The Morgan fingerprint density at radius 1 is 1.50 bits per heavy atom. The Morgan fingerprint density at radius 2 is 2.11 bits per heavy atom. The van der Waals surface area contributed by atoms with Crippen molar-refractivity contribution in [3.05, 3.63) is 29.3 Å². The van der Waals surface area contributed by atoms with Crippen LogP contribution < -0.4 is 4.90 Å². The van der Waals surface area contributed by atoms with E-state index in [0.29, 0.717) is 6.07 Å². The van der Waals surface area contributed by atoms with Gasteiger partial charge in [-0.05, 0) is 18.2 Å². The second-order valence-electron chi connectivity index (χ2n) is 3.60. The van der Waals surface area contributed by atoms with Crippen molar-refractivity contribution in [2.24, 2.45) is 0 Å². The fraction of sp³-hybridized carbons (Fsp3) is 0.250. The number of hydrogen-bond acceptors (Lipinski definition) is 2. The maximum atomic E-state index is 12.8. The first kappa shape index (κ1) is 13.9. The number of carbonyl (C=O) groups is 1. The molecule has 1 rings (SSSR count). The highest BCUT2D eigenvalue weighted by Crippen LogP contribution is 2.36. The maximum Gasteiger partial charge on any atom is 0.418 e. The quantitative estimate of drug-likeness (QED) is 0.846. The number of carboxylic acids is 1. The fourth-order valence-corrected chi connectivity index (χ4v) is 1.45. The molecule has 0 amide bonds. The molecule has 0 aromatic heterocycles. The van der Waals surface area contributed by atoms with Gasteiger partial charge in [-0.15, -0.1) is 6.42 Å². The summed E-state index contributed by atoms with van der Waals surface area (Å²) in [5.74, 6) is 0.814. The number of terminal acetylenes is 1.